The summed E-state index contributed by atoms with van der Waals surface area (Å²) in [6.45, 7) is 13.8. The van der Waals surface area contributed by atoms with Gasteiger partial charge in [0.25, 0.3) is 0 Å². The predicted octanol–water partition coefficient (Wildman–Crippen LogP) is -1.87. The van der Waals surface area contributed by atoms with Gasteiger partial charge in [0.15, 0.2) is 26.2 Å². The van der Waals surface area contributed by atoms with Gasteiger partial charge in [0.1, 0.15) is 26.4 Å². The molecule has 6 aliphatic rings. The van der Waals surface area contributed by atoms with Crippen molar-refractivity contribution in [3.05, 3.63) is 116 Å². The van der Waals surface area contributed by atoms with Crippen molar-refractivity contribution in [1.82, 2.24) is 0 Å². The first-order valence-corrected chi connectivity index (χ1v) is 26.7. The molecule has 4 fully saturated rings. The van der Waals surface area contributed by atoms with Crippen molar-refractivity contribution < 1.29 is 85.9 Å². The fourth-order valence-corrected chi connectivity index (χ4v) is 12.7. The van der Waals surface area contributed by atoms with Crippen molar-refractivity contribution in [3.8, 4) is 0 Å². The largest absolute Gasteiger partial charge is 0.378 e. The third kappa shape index (κ3) is 13.5. The van der Waals surface area contributed by atoms with E-state index in [1.807, 2.05) is 46.2 Å². The summed E-state index contributed by atoms with van der Waals surface area (Å²) in [6.07, 6.45) is 9.25. The molecule has 4 saturated heterocycles. The molecule has 22 heteroatoms. The van der Waals surface area contributed by atoms with Crippen LogP contribution in [0.25, 0.3) is 21.9 Å². The average molecular weight is 1020 g/mol. The van der Waals surface area contributed by atoms with E-state index in [-0.39, 0.29) is 0 Å². The van der Waals surface area contributed by atoms with Gasteiger partial charge in [0.2, 0.25) is 10.1 Å². The van der Waals surface area contributed by atoms with Crippen molar-refractivity contribution in [1.29, 1.82) is 0 Å². The Balaban J connectivity index is 0.000000538. The monoisotopic (exact) mass is 1020 g/mol. The highest BCUT2D eigenvalue weighted by Gasteiger charge is 2.28. The van der Waals surface area contributed by atoms with Crippen molar-refractivity contribution in [2.75, 3.05) is 115 Å². The van der Waals surface area contributed by atoms with Gasteiger partial charge in [0, 0.05) is 69.0 Å². The number of hydrogen-bond donors (Lipinski definition) is 0. The van der Waals surface area contributed by atoms with Crippen LogP contribution in [0, 0.1) is 20.5 Å². The highest BCUT2D eigenvalue weighted by molar-refractivity contribution is 8.18. The topological polar surface area (TPSA) is 234 Å². The zero-order valence-electron chi connectivity index (χ0n) is 35.5. The number of rotatable bonds is 6. The number of benzene rings is 2. The Bertz CT molecular complexity index is 2350. The van der Waals surface area contributed by atoms with Crippen LogP contribution in [0.2, 0.25) is 0 Å². The normalized spacial score (nSPS) is 21.0. The first-order chi connectivity index (χ1) is 31.7. The van der Waals surface area contributed by atoms with Crippen LogP contribution in [0.1, 0.15) is 20.9 Å². The van der Waals surface area contributed by atoms with Gasteiger partial charge in [-0.15, -0.1) is 43.2 Å². The van der Waals surface area contributed by atoms with Gasteiger partial charge >= 0.3 is 0 Å². The second-order valence-corrected chi connectivity index (χ2v) is 21.0. The molecule has 16 nitrogen and oxygen atoms in total. The van der Waals surface area contributed by atoms with Gasteiger partial charge in [-0.2, -0.15) is 0 Å². The molecule has 6 aliphatic heterocycles. The molecular weight excluding hydrogens is 976 g/mol. The maximum absolute atomic E-state index is 8.49. The Hall–Kier alpha value is -3.20. The van der Waals surface area contributed by atoms with E-state index >= 15 is 0 Å². The van der Waals surface area contributed by atoms with Crippen LogP contribution >= 0.6 is 46.2 Å². The molecule has 4 aromatic rings. The highest BCUT2D eigenvalue weighted by Crippen LogP contribution is 2.45. The van der Waals surface area contributed by atoms with Crippen LogP contribution in [0.4, 0.5) is 10.0 Å². The maximum Gasteiger partial charge on any atom is 0.239 e. The summed E-state index contributed by atoms with van der Waals surface area (Å²) in [5, 5.41) is 7.76. The molecule has 0 spiro atoms. The Morgan fingerprint density at radius 3 is 1.17 bits per heavy atom. The summed E-state index contributed by atoms with van der Waals surface area (Å²) < 4.78 is 95.6. The van der Waals surface area contributed by atoms with E-state index in [1.54, 1.807) is 0 Å². The van der Waals surface area contributed by atoms with Crippen LogP contribution in [-0.2, 0) is 18.9 Å². The summed E-state index contributed by atoms with van der Waals surface area (Å²) in [5.74, 6) is 0. The lowest BCUT2D eigenvalue weighted by molar-refractivity contribution is -2.00. The molecule has 0 N–H and O–H groups in total. The smallest absolute Gasteiger partial charge is 0.239 e. The molecule has 66 heavy (non-hydrogen) atoms. The Morgan fingerprint density at radius 1 is 0.455 bits per heavy atom. The zero-order chi connectivity index (χ0) is 46.3. The standard InChI is InChI=1S/C44H46N4O4S4.2ClHO4/c1-3-33(43(35-5-9-39(53-35)45-13-21-49-22-14-45)36-6-10-40(54-36)46-15-23-50-24-16-46)30-32-2-4-34(29-31(1)32)44(37-7-11-41(55-37)47-17-25-51-26-18-47)38-8-12-42(56-38)48-19-27-52-28-20-48;2*2-1(3,4)5/h1-12,29-30H,13-28H2;2*(H,2,3,4,5)/q+2;;/p-2. The van der Waals surface area contributed by atoms with Crippen LogP contribution in [0.3, 0.4) is 0 Å². The van der Waals surface area contributed by atoms with Gasteiger partial charge in [-0.3, -0.25) is 0 Å². The maximum atomic E-state index is 8.49. The molecule has 0 aliphatic carbocycles. The van der Waals surface area contributed by atoms with E-state index in [0.717, 1.165) is 105 Å². The van der Waals surface area contributed by atoms with E-state index in [9.17, 15) is 0 Å². The molecule has 2 aromatic heterocycles. The average Bonchev–Trinajstić information content (AvgIpc) is 4.16. The van der Waals surface area contributed by atoms with Crippen LogP contribution < -0.4 is 47.1 Å². The van der Waals surface area contributed by atoms with E-state index in [0.29, 0.717) is 0 Å². The number of thiophene rings is 2. The highest BCUT2D eigenvalue weighted by atomic mass is 35.7. The molecule has 0 amide bonds. The van der Waals surface area contributed by atoms with Gasteiger partial charge in [0.05, 0.1) is 36.4 Å². The summed E-state index contributed by atoms with van der Waals surface area (Å²) in [7, 11) is -9.89. The SMILES string of the molecule is C1=CC(=[N+]2CCOCC2)SC1=C(c1ccc2cc(C(=C3C=CC(=[N+]4CCOCC4)S3)c3ccc(N4CCOCC4)s3)ccc2c1)c1ccc(N2CCOCC2)s1.[O-][Cl+3]([O-])([O-])[O-].[O-][Cl+3]([O-])([O-])[O-]. The van der Waals surface area contributed by atoms with Gasteiger partial charge in [-0.1, -0.05) is 24.3 Å². The first-order valence-electron chi connectivity index (χ1n) is 21.0. The number of hydrogen-bond acceptors (Lipinski definition) is 18. The number of thioether (sulfide) groups is 2. The predicted molar refractivity (Wildman–Crippen MR) is 236 cm³/mol. The number of morpholine rings is 4. The third-order valence-electron chi connectivity index (χ3n) is 11.1. The molecular formula is C44H46Cl2N4O12S4. The Labute approximate surface area is 402 Å². The summed E-state index contributed by atoms with van der Waals surface area (Å²) in [5.41, 5.74) is 5.12. The molecule has 0 bridgehead atoms. The molecule has 2 aromatic carbocycles. The Kier molecular flexibility index (Phi) is 16.8. The van der Waals surface area contributed by atoms with Crippen LogP contribution in [0.5, 0.6) is 0 Å². The van der Waals surface area contributed by atoms with Gasteiger partial charge in [-0.25, -0.2) is 46.4 Å². The first kappa shape index (κ1) is 49.2. The van der Waals surface area contributed by atoms with Gasteiger partial charge in [-0.05, 0) is 94.0 Å². The second kappa shape index (κ2) is 22.5. The lowest BCUT2D eigenvalue weighted by Gasteiger charge is -2.27. The van der Waals surface area contributed by atoms with Crippen LogP contribution in [0.15, 0.2) is 94.8 Å². The quantitative estimate of drug-likeness (QED) is 0.193. The lowest BCUT2D eigenvalue weighted by Crippen LogP contribution is -2.68. The van der Waals surface area contributed by atoms with Crippen molar-refractivity contribution in [3.63, 3.8) is 0 Å². The number of halogens is 2. The number of anilines is 2. The minimum atomic E-state index is -4.94. The molecule has 8 heterocycles. The van der Waals surface area contributed by atoms with E-state index < -0.39 is 20.5 Å². The van der Waals surface area contributed by atoms with Crippen molar-refractivity contribution in [2.45, 2.75) is 0 Å². The number of nitrogens with zero attached hydrogens (tertiary/aromatic N) is 4. The number of ether oxygens (including phenoxy) is 4. The fourth-order valence-electron chi connectivity index (χ4n) is 8.03. The van der Waals surface area contributed by atoms with Crippen LogP contribution in [-0.4, -0.2) is 124 Å². The van der Waals surface area contributed by atoms with E-state index in [1.165, 1.54) is 72.7 Å². The molecule has 10 rings (SSSR count). The zero-order valence-corrected chi connectivity index (χ0v) is 40.3. The number of allylic oxidation sites excluding steroid dienone is 2. The molecule has 0 saturated carbocycles. The fraction of sp³-hybridized carbons (Fsp3) is 0.364. The Morgan fingerprint density at radius 2 is 0.803 bits per heavy atom. The summed E-state index contributed by atoms with van der Waals surface area (Å²) >= 11 is 7.59. The third-order valence-corrected chi connectivity index (χ3v) is 15.7. The lowest BCUT2D eigenvalue weighted by atomic mass is 9.96. The number of fused-ring (bicyclic) bond motifs is 1. The minimum Gasteiger partial charge on any atom is -0.378 e. The second-order valence-electron chi connectivity index (χ2n) is 15.2. The molecule has 352 valence electrons. The van der Waals surface area contributed by atoms with Gasteiger partial charge < -0.3 is 28.7 Å². The molecule has 0 unspecified atom stereocenters. The molecule has 0 atom stereocenters. The summed E-state index contributed by atoms with van der Waals surface area (Å²) in [6, 6.07) is 23.4. The van der Waals surface area contributed by atoms with Crippen molar-refractivity contribution in [2.24, 2.45) is 0 Å². The van der Waals surface area contributed by atoms with E-state index in [2.05, 4.69) is 104 Å². The van der Waals surface area contributed by atoms with Crippen molar-refractivity contribution >= 4 is 88.2 Å². The minimum absolute atomic E-state index is 0.784. The molecule has 0 radical (unpaired) electrons. The summed E-state index contributed by atoms with van der Waals surface area (Å²) in [4.78, 5) is 10.1. The van der Waals surface area contributed by atoms with E-state index in [4.69, 9.17) is 56.2 Å².